The standard InChI is InChI=1S/C13H18N2OS/c1-2-3-9-15(13(16)10-12(14)17)11-7-5-4-6-8-11/h4-8H,2-3,9-10H2,1H3,(H2,14,17). The first-order chi connectivity index (χ1) is 8.15. The van der Waals surface area contributed by atoms with Gasteiger partial charge in [0, 0.05) is 12.2 Å². The molecule has 1 rings (SSSR count). The summed E-state index contributed by atoms with van der Waals surface area (Å²) in [4.78, 5) is 14.0. The van der Waals surface area contributed by atoms with Crippen LogP contribution in [0.15, 0.2) is 30.3 Å². The van der Waals surface area contributed by atoms with Gasteiger partial charge < -0.3 is 10.6 Å². The molecule has 0 atom stereocenters. The Balaban J connectivity index is 2.80. The minimum absolute atomic E-state index is 0.0304. The summed E-state index contributed by atoms with van der Waals surface area (Å²) in [5.41, 5.74) is 6.33. The molecule has 2 N–H and O–H groups in total. The van der Waals surface area contributed by atoms with Crippen LogP contribution in [-0.2, 0) is 4.79 Å². The highest BCUT2D eigenvalue weighted by Crippen LogP contribution is 2.15. The van der Waals surface area contributed by atoms with Gasteiger partial charge in [-0.25, -0.2) is 0 Å². The highest BCUT2D eigenvalue weighted by Gasteiger charge is 2.15. The van der Waals surface area contributed by atoms with E-state index in [9.17, 15) is 4.79 Å². The predicted octanol–water partition coefficient (Wildman–Crippen LogP) is 2.50. The van der Waals surface area contributed by atoms with Gasteiger partial charge in [0.2, 0.25) is 5.91 Å². The van der Waals surface area contributed by atoms with Crippen molar-refractivity contribution in [2.45, 2.75) is 26.2 Å². The van der Waals surface area contributed by atoms with Crippen molar-refractivity contribution in [1.29, 1.82) is 0 Å². The Hall–Kier alpha value is -1.42. The highest BCUT2D eigenvalue weighted by molar-refractivity contribution is 7.80. The average molecular weight is 250 g/mol. The molecular weight excluding hydrogens is 232 g/mol. The summed E-state index contributed by atoms with van der Waals surface area (Å²) in [6.45, 7) is 2.81. The van der Waals surface area contributed by atoms with Crippen LogP contribution in [0.4, 0.5) is 5.69 Å². The van der Waals surface area contributed by atoms with Gasteiger partial charge in [0.15, 0.2) is 0 Å². The summed E-state index contributed by atoms with van der Waals surface area (Å²) in [5.74, 6) is -0.0304. The Bertz CT molecular complexity index is 378. The number of carbonyl (C=O) groups excluding carboxylic acids is 1. The lowest BCUT2D eigenvalue weighted by Crippen LogP contribution is -2.34. The molecule has 3 nitrogen and oxygen atoms in total. The monoisotopic (exact) mass is 250 g/mol. The summed E-state index contributed by atoms with van der Waals surface area (Å²) < 4.78 is 0. The zero-order valence-corrected chi connectivity index (χ0v) is 10.9. The lowest BCUT2D eigenvalue weighted by molar-refractivity contribution is -0.117. The second-order valence-corrected chi connectivity index (χ2v) is 4.40. The maximum absolute atomic E-state index is 12.0. The molecule has 0 heterocycles. The van der Waals surface area contributed by atoms with Gasteiger partial charge >= 0.3 is 0 Å². The minimum atomic E-state index is -0.0304. The van der Waals surface area contributed by atoms with Crippen molar-refractivity contribution in [1.82, 2.24) is 0 Å². The van der Waals surface area contributed by atoms with E-state index in [2.05, 4.69) is 6.92 Å². The molecule has 0 spiro atoms. The molecule has 0 aromatic heterocycles. The Labute approximate surface area is 108 Å². The molecule has 0 aliphatic carbocycles. The fourth-order valence-electron chi connectivity index (χ4n) is 1.57. The SMILES string of the molecule is CCCCN(C(=O)CC(N)=S)c1ccccc1. The highest BCUT2D eigenvalue weighted by atomic mass is 32.1. The second-order valence-electron chi connectivity index (χ2n) is 3.88. The first kappa shape index (κ1) is 13.6. The fourth-order valence-corrected chi connectivity index (χ4v) is 1.69. The molecule has 1 aromatic carbocycles. The summed E-state index contributed by atoms with van der Waals surface area (Å²) >= 11 is 4.78. The van der Waals surface area contributed by atoms with Gasteiger partial charge in [0.05, 0.1) is 11.4 Å². The van der Waals surface area contributed by atoms with Gasteiger partial charge in [-0.3, -0.25) is 4.79 Å². The molecule has 0 aliphatic heterocycles. The number of unbranched alkanes of at least 4 members (excludes halogenated alkanes) is 1. The maximum Gasteiger partial charge on any atom is 0.233 e. The van der Waals surface area contributed by atoms with Crippen LogP contribution < -0.4 is 10.6 Å². The van der Waals surface area contributed by atoms with Gasteiger partial charge in [-0.1, -0.05) is 43.8 Å². The van der Waals surface area contributed by atoms with E-state index in [4.69, 9.17) is 18.0 Å². The van der Waals surface area contributed by atoms with Crippen LogP contribution in [0.5, 0.6) is 0 Å². The van der Waals surface area contributed by atoms with E-state index < -0.39 is 0 Å². The first-order valence-electron chi connectivity index (χ1n) is 5.79. The van der Waals surface area contributed by atoms with Gasteiger partial charge in [-0.15, -0.1) is 0 Å². The summed E-state index contributed by atoms with van der Waals surface area (Å²) in [6, 6.07) is 9.62. The number of hydrogen-bond donors (Lipinski definition) is 1. The van der Waals surface area contributed by atoms with Crippen LogP contribution in [0, 0.1) is 0 Å². The first-order valence-corrected chi connectivity index (χ1v) is 6.19. The van der Waals surface area contributed by atoms with Crippen molar-refractivity contribution in [2.75, 3.05) is 11.4 Å². The number of rotatable bonds is 6. The molecule has 17 heavy (non-hydrogen) atoms. The molecule has 0 saturated carbocycles. The van der Waals surface area contributed by atoms with E-state index >= 15 is 0 Å². The maximum atomic E-state index is 12.0. The van der Waals surface area contributed by atoms with Crippen molar-refractivity contribution < 1.29 is 4.79 Å². The number of hydrogen-bond acceptors (Lipinski definition) is 2. The molecule has 1 amide bonds. The third kappa shape index (κ3) is 4.53. The van der Waals surface area contributed by atoms with Crippen LogP contribution >= 0.6 is 12.2 Å². The molecule has 0 fully saturated rings. The van der Waals surface area contributed by atoms with Crippen LogP contribution in [0.2, 0.25) is 0 Å². The summed E-state index contributed by atoms with van der Waals surface area (Å²) in [5, 5.41) is 0. The van der Waals surface area contributed by atoms with Crippen LogP contribution in [0.25, 0.3) is 0 Å². The third-order valence-corrected chi connectivity index (χ3v) is 2.57. The van der Waals surface area contributed by atoms with Gasteiger partial charge in [-0.05, 0) is 18.6 Å². The van der Waals surface area contributed by atoms with Crippen LogP contribution in [-0.4, -0.2) is 17.4 Å². The smallest absolute Gasteiger partial charge is 0.233 e. The molecule has 92 valence electrons. The van der Waals surface area contributed by atoms with E-state index in [1.54, 1.807) is 4.90 Å². The fraction of sp³-hybridized carbons (Fsp3) is 0.385. The predicted molar refractivity (Wildman–Crippen MR) is 75.1 cm³/mol. The number of anilines is 1. The molecule has 0 radical (unpaired) electrons. The molecule has 0 aliphatic rings. The normalized spacial score (nSPS) is 9.94. The third-order valence-electron chi connectivity index (χ3n) is 2.43. The zero-order valence-electron chi connectivity index (χ0n) is 10.1. The molecular formula is C13H18N2OS. The van der Waals surface area contributed by atoms with E-state index in [-0.39, 0.29) is 17.3 Å². The van der Waals surface area contributed by atoms with Crippen LogP contribution in [0.1, 0.15) is 26.2 Å². The minimum Gasteiger partial charge on any atom is -0.393 e. The average Bonchev–Trinajstić information content (AvgIpc) is 2.30. The number of thiocarbonyl (C=S) groups is 1. The molecule has 0 bridgehead atoms. The lowest BCUT2D eigenvalue weighted by atomic mass is 10.2. The largest absolute Gasteiger partial charge is 0.393 e. The molecule has 4 heteroatoms. The summed E-state index contributed by atoms with van der Waals surface area (Å²) in [7, 11) is 0. The second kappa shape index (κ2) is 7.01. The number of benzene rings is 1. The zero-order chi connectivity index (χ0) is 12.7. The number of amides is 1. The number of nitrogens with two attached hydrogens (primary N) is 1. The van der Waals surface area contributed by atoms with Crippen molar-refractivity contribution in [2.24, 2.45) is 5.73 Å². The van der Waals surface area contributed by atoms with Crippen molar-refractivity contribution in [3.63, 3.8) is 0 Å². The van der Waals surface area contributed by atoms with Crippen molar-refractivity contribution in [3.05, 3.63) is 30.3 Å². The quantitative estimate of drug-likeness (QED) is 0.789. The Kier molecular flexibility index (Phi) is 5.63. The number of nitrogens with zero attached hydrogens (tertiary/aromatic N) is 1. The van der Waals surface area contributed by atoms with E-state index in [0.717, 1.165) is 18.5 Å². The van der Waals surface area contributed by atoms with Gasteiger partial charge in [-0.2, -0.15) is 0 Å². The van der Waals surface area contributed by atoms with E-state index in [0.29, 0.717) is 6.54 Å². The van der Waals surface area contributed by atoms with Gasteiger partial charge in [0.25, 0.3) is 0 Å². The van der Waals surface area contributed by atoms with Crippen molar-refractivity contribution in [3.8, 4) is 0 Å². The van der Waals surface area contributed by atoms with Crippen LogP contribution in [0.3, 0.4) is 0 Å². The lowest BCUT2D eigenvalue weighted by Gasteiger charge is -2.22. The number of para-hydroxylation sites is 1. The molecule has 1 aromatic rings. The Morgan fingerprint density at radius 3 is 2.53 bits per heavy atom. The van der Waals surface area contributed by atoms with E-state index in [1.165, 1.54) is 0 Å². The topological polar surface area (TPSA) is 46.3 Å². The Morgan fingerprint density at radius 1 is 1.35 bits per heavy atom. The Morgan fingerprint density at radius 2 is 2.00 bits per heavy atom. The van der Waals surface area contributed by atoms with Gasteiger partial charge in [0.1, 0.15) is 0 Å². The molecule has 0 unspecified atom stereocenters. The number of carbonyl (C=O) groups is 1. The summed E-state index contributed by atoms with van der Waals surface area (Å²) in [6.07, 6.45) is 2.15. The van der Waals surface area contributed by atoms with Crippen molar-refractivity contribution >= 4 is 28.8 Å². The molecule has 0 saturated heterocycles. The van der Waals surface area contributed by atoms with E-state index in [1.807, 2.05) is 30.3 Å².